The molecule has 1 amide bonds. The van der Waals surface area contributed by atoms with Crippen LogP contribution in [-0.2, 0) is 0 Å². The van der Waals surface area contributed by atoms with Crippen LogP contribution in [0.25, 0.3) is 22.4 Å². The molecule has 5 heteroatoms. The molecule has 0 spiro atoms. The molecule has 128 valence electrons. The Bertz CT molecular complexity index is 1070. The fraction of sp³-hybridized carbons (Fsp3) is 0.0476. The summed E-state index contributed by atoms with van der Waals surface area (Å²) in [5.41, 5.74) is 5.20. The van der Waals surface area contributed by atoms with Crippen molar-refractivity contribution in [3.8, 4) is 11.4 Å². The van der Waals surface area contributed by atoms with E-state index in [0.29, 0.717) is 10.6 Å². The first kappa shape index (κ1) is 16.4. The van der Waals surface area contributed by atoms with Crippen LogP contribution < -0.4 is 5.32 Å². The largest absolute Gasteiger partial charge is 0.338 e. The number of carbonyl (C=O) groups excluding carboxylic acids is 1. The van der Waals surface area contributed by atoms with Gasteiger partial charge in [0.25, 0.3) is 5.91 Å². The van der Waals surface area contributed by atoms with Gasteiger partial charge in [-0.1, -0.05) is 23.7 Å². The van der Waals surface area contributed by atoms with Gasteiger partial charge in [0.15, 0.2) is 0 Å². The topological polar surface area (TPSA) is 57.8 Å². The molecule has 0 atom stereocenters. The van der Waals surface area contributed by atoms with E-state index in [1.54, 1.807) is 24.3 Å². The zero-order valence-corrected chi connectivity index (χ0v) is 14.8. The Morgan fingerprint density at radius 2 is 1.81 bits per heavy atom. The molecule has 0 fully saturated rings. The highest BCUT2D eigenvalue weighted by Crippen LogP contribution is 2.25. The van der Waals surface area contributed by atoms with E-state index < -0.39 is 0 Å². The summed E-state index contributed by atoms with van der Waals surface area (Å²) in [6, 6.07) is 20.6. The minimum Gasteiger partial charge on any atom is -0.338 e. The van der Waals surface area contributed by atoms with Gasteiger partial charge in [0, 0.05) is 21.8 Å². The number of benzene rings is 3. The number of hydrogen-bond acceptors (Lipinski definition) is 2. The van der Waals surface area contributed by atoms with Crippen molar-refractivity contribution >= 4 is 34.2 Å². The number of anilines is 1. The molecule has 0 aliphatic rings. The maximum atomic E-state index is 12.4. The molecule has 4 nitrogen and oxygen atoms in total. The number of halogens is 1. The van der Waals surface area contributed by atoms with Crippen LogP contribution in [0, 0.1) is 6.92 Å². The van der Waals surface area contributed by atoms with Gasteiger partial charge in [0.05, 0.1) is 11.0 Å². The first-order chi connectivity index (χ1) is 12.6. The number of H-pyrrole nitrogens is 1. The zero-order chi connectivity index (χ0) is 18.1. The molecule has 0 aliphatic carbocycles. The van der Waals surface area contributed by atoms with E-state index in [4.69, 9.17) is 11.6 Å². The summed E-state index contributed by atoms with van der Waals surface area (Å²) in [6.07, 6.45) is 0. The molecule has 0 radical (unpaired) electrons. The average Bonchev–Trinajstić information content (AvgIpc) is 3.08. The molecule has 0 bridgehead atoms. The maximum Gasteiger partial charge on any atom is 0.255 e. The number of nitrogens with zero attached hydrogens (tertiary/aromatic N) is 1. The van der Waals surface area contributed by atoms with Crippen LogP contribution in [-0.4, -0.2) is 15.9 Å². The SMILES string of the molecule is Cc1cc(-c2nc3ccccc3[nH]2)ccc1NC(=O)c1ccc(Cl)cc1. The smallest absolute Gasteiger partial charge is 0.255 e. The van der Waals surface area contributed by atoms with Crippen molar-refractivity contribution in [2.24, 2.45) is 0 Å². The van der Waals surface area contributed by atoms with Gasteiger partial charge in [-0.25, -0.2) is 4.98 Å². The van der Waals surface area contributed by atoms with Gasteiger partial charge in [-0.05, 0) is 67.1 Å². The van der Waals surface area contributed by atoms with Crippen LogP contribution in [0.15, 0.2) is 66.7 Å². The number of imidazole rings is 1. The predicted octanol–water partition coefficient (Wildman–Crippen LogP) is 5.44. The Hall–Kier alpha value is -3.11. The minimum absolute atomic E-state index is 0.166. The lowest BCUT2D eigenvalue weighted by molar-refractivity contribution is 0.102. The highest BCUT2D eigenvalue weighted by molar-refractivity contribution is 6.30. The number of para-hydroxylation sites is 2. The minimum atomic E-state index is -0.166. The normalized spacial score (nSPS) is 10.8. The van der Waals surface area contributed by atoms with Crippen molar-refractivity contribution < 1.29 is 4.79 Å². The first-order valence-electron chi connectivity index (χ1n) is 8.23. The summed E-state index contributed by atoms with van der Waals surface area (Å²) in [5, 5.41) is 3.54. The number of aromatic nitrogens is 2. The second kappa shape index (κ2) is 6.65. The van der Waals surface area contributed by atoms with Gasteiger partial charge < -0.3 is 10.3 Å². The maximum absolute atomic E-state index is 12.4. The standard InChI is InChI=1S/C21H16ClN3O/c1-13-12-15(20-23-18-4-2-3-5-19(18)24-20)8-11-17(13)25-21(26)14-6-9-16(22)10-7-14/h2-12H,1H3,(H,23,24)(H,25,26). The summed E-state index contributed by atoms with van der Waals surface area (Å²) in [5.74, 6) is 0.645. The van der Waals surface area contributed by atoms with E-state index in [9.17, 15) is 4.79 Å². The van der Waals surface area contributed by atoms with Crippen LogP contribution in [0.2, 0.25) is 5.02 Å². The number of carbonyl (C=O) groups is 1. The third-order valence-corrected chi connectivity index (χ3v) is 4.50. The number of aromatic amines is 1. The fourth-order valence-electron chi connectivity index (χ4n) is 2.84. The van der Waals surface area contributed by atoms with Gasteiger partial charge >= 0.3 is 0 Å². The van der Waals surface area contributed by atoms with Crippen LogP contribution in [0.4, 0.5) is 5.69 Å². The molecule has 0 aliphatic heterocycles. The second-order valence-electron chi connectivity index (χ2n) is 6.09. The summed E-state index contributed by atoms with van der Waals surface area (Å²) in [6.45, 7) is 1.96. The number of nitrogens with one attached hydrogen (secondary N) is 2. The van der Waals surface area contributed by atoms with Gasteiger partial charge in [0.2, 0.25) is 0 Å². The number of rotatable bonds is 3. The molecule has 1 aromatic heterocycles. The Morgan fingerprint density at radius 3 is 2.54 bits per heavy atom. The fourth-order valence-corrected chi connectivity index (χ4v) is 2.96. The van der Waals surface area contributed by atoms with Crippen LogP contribution in [0.5, 0.6) is 0 Å². The monoisotopic (exact) mass is 361 g/mol. The van der Waals surface area contributed by atoms with Gasteiger partial charge in [0.1, 0.15) is 5.82 Å². The Labute approximate surface area is 155 Å². The van der Waals surface area contributed by atoms with Gasteiger partial charge in [-0.2, -0.15) is 0 Å². The second-order valence-corrected chi connectivity index (χ2v) is 6.53. The van der Waals surface area contributed by atoms with Crippen molar-refractivity contribution in [3.63, 3.8) is 0 Å². The lowest BCUT2D eigenvalue weighted by Crippen LogP contribution is -2.12. The van der Waals surface area contributed by atoms with Crippen LogP contribution in [0.3, 0.4) is 0 Å². The molecule has 1 heterocycles. The predicted molar refractivity (Wildman–Crippen MR) is 106 cm³/mol. The molecular weight excluding hydrogens is 346 g/mol. The van der Waals surface area contributed by atoms with Gasteiger partial charge in [-0.15, -0.1) is 0 Å². The molecule has 4 rings (SSSR count). The van der Waals surface area contributed by atoms with Gasteiger partial charge in [-0.3, -0.25) is 4.79 Å². The van der Waals surface area contributed by atoms with Crippen LogP contribution in [0.1, 0.15) is 15.9 Å². The number of amides is 1. The molecule has 3 aromatic carbocycles. The molecule has 0 saturated carbocycles. The third kappa shape index (κ3) is 3.19. The molecular formula is C21H16ClN3O. The van der Waals surface area contributed by atoms with Crippen molar-refractivity contribution in [1.82, 2.24) is 9.97 Å². The summed E-state index contributed by atoms with van der Waals surface area (Å²) < 4.78 is 0. The highest BCUT2D eigenvalue weighted by Gasteiger charge is 2.10. The quantitative estimate of drug-likeness (QED) is 0.510. The van der Waals surface area contributed by atoms with E-state index >= 15 is 0 Å². The van der Waals surface area contributed by atoms with Crippen molar-refractivity contribution in [2.75, 3.05) is 5.32 Å². The van der Waals surface area contributed by atoms with Crippen LogP contribution >= 0.6 is 11.6 Å². The summed E-state index contributed by atoms with van der Waals surface area (Å²) >= 11 is 5.87. The number of aryl methyl sites for hydroxylation is 1. The molecule has 2 N–H and O–H groups in total. The lowest BCUT2D eigenvalue weighted by Gasteiger charge is -2.10. The number of fused-ring (bicyclic) bond motifs is 1. The first-order valence-corrected chi connectivity index (χ1v) is 8.61. The Morgan fingerprint density at radius 1 is 1.04 bits per heavy atom. The van der Waals surface area contributed by atoms with E-state index in [0.717, 1.165) is 33.7 Å². The molecule has 26 heavy (non-hydrogen) atoms. The summed E-state index contributed by atoms with van der Waals surface area (Å²) in [4.78, 5) is 20.3. The lowest BCUT2D eigenvalue weighted by atomic mass is 10.1. The zero-order valence-electron chi connectivity index (χ0n) is 14.1. The van der Waals surface area contributed by atoms with E-state index in [-0.39, 0.29) is 5.91 Å². The third-order valence-electron chi connectivity index (χ3n) is 4.24. The molecule has 0 saturated heterocycles. The van der Waals surface area contributed by atoms with Crippen molar-refractivity contribution in [1.29, 1.82) is 0 Å². The van der Waals surface area contributed by atoms with E-state index in [1.807, 2.05) is 49.4 Å². The van der Waals surface area contributed by atoms with Crippen molar-refractivity contribution in [2.45, 2.75) is 6.92 Å². The Balaban J connectivity index is 1.59. The van der Waals surface area contributed by atoms with E-state index in [2.05, 4.69) is 15.3 Å². The molecule has 4 aromatic rings. The average molecular weight is 362 g/mol. The summed E-state index contributed by atoms with van der Waals surface area (Å²) in [7, 11) is 0. The molecule has 0 unspecified atom stereocenters. The van der Waals surface area contributed by atoms with Crippen molar-refractivity contribution in [3.05, 3.63) is 82.9 Å². The highest BCUT2D eigenvalue weighted by atomic mass is 35.5. The Kier molecular flexibility index (Phi) is 4.19. The number of hydrogen-bond donors (Lipinski definition) is 2. The van der Waals surface area contributed by atoms with E-state index in [1.165, 1.54) is 0 Å².